The monoisotopic (exact) mass is 117 g/mol. The molecule has 0 radical (unpaired) electrons. The number of piperazine rings is 1. The van der Waals surface area contributed by atoms with Crippen LogP contribution in [0, 0.1) is 5.21 Å². The molecule has 1 heterocycles. The van der Waals surface area contributed by atoms with E-state index in [1.165, 1.54) is 0 Å². The first-order valence-corrected chi connectivity index (χ1v) is 2.65. The van der Waals surface area contributed by atoms with E-state index in [1.807, 2.05) is 0 Å². The van der Waals surface area contributed by atoms with Crippen molar-refractivity contribution in [1.29, 1.82) is 0 Å². The SMILES string of the molecule is [O-]N1CCN(O)CC1. The van der Waals surface area contributed by atoms with Crippen molar-refractivity contribution in [1.82, 2.24) is 10.1 Å². The Balaban J connectivity index is 2.19. The number of hydrogen-bond donors (Lipinski definition) is 1. The molecule has 1 rings (SSSR count). The summed E-state index contributed by atoms with van der Waals surface area (Å²) in [5.41, 5.74) is 0. The van der Waals surface area contributed by atoms with Gasteiger partial charge in [0.1, 0.15) is 0 Å². The van der Waals surface area contributed by atoms with Crippen molar-refractivity contribution in [3.8, 4) is 0 Å². The van der Waals surface area contributed by atoms with Gasteiger partial charge in [0.15, 0.2) is 0 Å². The first-order chi connectivity index (χ1) is 3.79. The Morgan fingerprint density at radius 2 is 1.62 bits per heavy atom. The number of hydroxylamine groups is 4. The van der Waals surface area contributed by atoms with Crippen molar-refractivity contribution in [2.75, 3.05) is 26.2 Å². The summed E-state index contributed by atoms with van der Waals surface area (Å²) in [5, 5.41) is 21.2. The zero-order chi connectivity index (χ0) is 5.98. The minimum atomic E-state index is 0.427. The number of nitrogens with zero attached hydrogens (tertiary/aromatic N) is 2. The van der Waals surface area contributed by atoms with E-state index in [0.29, 0.717) is 26.2 Å². The molecule has 1 saturated heterocycles. The topological polar surface area (TPSA) is 49.8 Å². The van der Waals surface area contributed by atoms with Crippen LogP contribution in [0.5, 0.6) is 0 Å². The van der Waals surface area contributed by atoms with Gasteiger partial charge in [-0.2, -0.15) is 5.06 Å². The van der Waals surface area contributed by atoms with Crippen LogP contribution in [0.15, 0.2) is 0 Å². The van der Waals surface area contributed by atoms with Crippen molar-refractivity contribution in [3.63, 3.8) is 0 Å². The summed E-state index contributed by atoms with van der Waals surface area (Å²) in [6.45, 7) is 1.81. The lowest BCUT2D eigenvalue weighted by molar-refractivity contribution is -0.112. The number of hydrogen-bond acceptors (Lipinski definition) is 4. The summed E-state index contributed by atoms with van der Waals surface area (Å²) in [7, 11) is 0. The molecule has 0 bridgehead atoms. The molecule has 0 aromatic carbocycles. The molecule has 1 aliphatic heterocycles. The molecule has 0 saturated carbocycles. The average molecular weight is 117 g/mol. The van der Waals surface area contributed by atoms with Gasteiger partial charge >= 0.3 is 0 Å². The van der Waals surface area contributed by atoms with Crippen LogP contribution in [0.25, 0.3) is 0 Å². The minimum Gasteiger partial charge on any atom is -0.785 e. The zero-order valence-corrected chi connectivity index (χ0v) is 4.58. The fourth-order valence-electron chi connectivity index (χ4n) is 0.678. The predicted molar refractivity (Wildman–Crippen MR) is 28.3 cm³/mol. The highest BCUT2D eigenvalue weighted by molar-refractivity contribution is 4.65. The Bertz CT molecular complexity index is 60.4. The van der Waals surface area contributed by atoms with Gasteiger partial charge in [-0.3, -0.25) is 0 Å². The van der Waals surface area contributed by atoms with Crippen LogP contribution in [-0.4, -0.2) is 41.5 Å². The van der Waals surface area contributed by atoms with E-state index in [2.05, 4.69) is 0 Å². The zero-order valence-electron chi connectivity index (χ0n) is 4.58. The lowest BCUT2D eigenvalue weighted by Crippen LogP contribution is -2.41. The molecule has 1 N–H and O–H groups in total. The smallest absolute Gasteiger partial charge is 0.0357 e. The van der Waals surface area contributed by atoms with E-state index < -0.39 is 0 Å². The standard InChI is InChI=1S/C4H9N2O2/c7-5-1-2-6(8)4-3-5/h7H,1-4H2/q-1. The Kier molecular flexibility index (Phi) is 1.80. The van der Waals surface area contributed by atoms with Crippen molar-refractivity contribution in [2.45, 2.75) is 0 Å². The molecule has 8 heavy (non-hydrogen) atoms. The van der Waals surface area contributed by atoms with E-state index in [1.54, 1.807) is 0 Å². The highest BCUT2D eigenvalue weighted by Gasteiger charge is 2.06. The second-order valence-corrected chi connectivity index (χ2v) is 1.88. The van der Waals surface area contributed by atoms with E-state index in [-0.39, 0.29) is 0 Å². The summed E-state index contributed by atoms with van der Waals surface area (Å²) in [5.74, 6) is 0. The van der Waals surface area contributed by atoms with Crippen LogP contribution in [0.3, 0.4) is 0 Å². The number of rotatable bonds is 0. The first-order valence-electron chi connectivity index (χ1n) is 2.65. The van der Waals surface area contributed by atoms with Gasteiger partial charge in [-0.05, 0) is 0 Å². The Labute approximate surface area is 47.8 Å². The highest BCUT2D eigenvalue weighted by atomic mass is 16.5. The van der Waals surface area contributed by atoms with Crippen molar-refractivity contribution in [3.05, 3.63) is 5.21 Å². The van der Waals surface area contributed by atoms with E-state index >= 15 is 0 Å². The van der Waals surface area contributed by atoms with Gasteiger partial charge in [0.25, 0.3) is 0 Å². The summed E-state index contributed by atoms with van der Waals surface area (Å²) in [6.07, 6.45) is 0. The molecule has 4 nitrogen and oxygen atoms in total. The minimum absolute atomic E-state index is 0.427. The van der Waals surface area contributed by atoms with Crippen LogP contribution in [0.1, 0.15) is 0 Å². The fraction of sp³-hybridized carbons (Fsp3) is 1.00. The van der Waals surface area contributed by atoms with E-state index in [9.17, 15) is 5.21 Å². The fourth-order valence-corrected chi connectivity index (χ4v) is 0.678. The van der Waals surface area contributed by atoms with Gasteiger partial charge < -0.3 is 15.5 Å². The van der Waals surface area contributed by atoms with Crippen LogP contribution in [0.2, 0.25) is 0 Å². The molecule has 0 aromatic heterocycles. The van der Waals surface area contributed by atoms with Crippen molar-refractivity contribution in [2.24, 2.45) is 0 Å². The molecule has 0 unspecified atom stereocenters. The van der Waals surface area contributed by atoms with Crippen LogP contribution < -0.4 is 0 Å². The van der Waals surface area contributed by atoms with Gasteiger partial charge in [-0.15, -0.1) is 0 Å². The summed E-state index contributed by atoms with van der Waals surface area (Å²) in [4.78, 5) is 0. The molecule has 4 heteroatoms. The predicted octanol–water partition coefficient (Wildman–Crippen LogP) is -0.509. The Hall–Kier alpha value is -0.160. The molecular formula is C4H9N2O2-. The van der Waals surface area contributed by atoms with Gasteiger partial charge in [0.2, 0.25) is 0 Å². The maximum Gasteiger partial charge on any atom is 0.0357 e. The first kappa shape index (κ1) is 5.97. The molecule has 0 atom stereocenters. The highest BCUT2D eigenvalue weighted by Crippen LogP contribution is 1.94. The van der Waals surface area contributed by atoms with E-state index in [0.717, 1.165) is 10.1 Å². The Morgan fingerprint density at radius 1 is 1.12 bits per heavy atom. The Morgan fingerprint density at radius 3 is 2.00 bits per heavy atom. The molecular weight excluding hydrogens is 108 g/mol. The largest absolute Gasteiger partial charge is 0.785 e. The van der Waals surface area contributed by atoms with Crippen LogP contribution in [0.4, 0.5) is 0 Å². The normalized spacial score (nSPS) is 26.2. The third-order valence-corrected chi connectivity index (χ3v) is 1.22. The lowest BCUT2D eigenvalue weighted by Gasteiger charge is -2.35. The van der Waals surface area contributed by atoms with Crippen molar-refractivity contribution >= 4 is 0 Å². The summed E-state index contributed by atoms with van der Waals surface area (Å²) < 4.78 is 0. The maximum atomic E-state index is 10.4. The third-order valence-electron chi connectivity index (χ3n) is 1.22. The van der Waals surface area contributed by atoms with E-state index in [4.69, 9.17) is 5.21 Å². The molecule has 0 aromatic rings. The quantitative estimate of drug-likeness (QED) is 0.464. The second-order valence-electron chi connectivity index (χ2n) is 1.88. The summed E-state index contributed by atoms with van der Waals surface area (Å²) in [6, 6.07) is 0. The molecule has 1 fully saturated rings. The van der Waals surface area contributed by atoms with Gasteiger partial charge in [-0.25, -0.2) is 0 Å². The van der Waals surface area contributed by atoms with Gasteiger partial charge in [0.05, 0.1) is 0 Å². The van der Waals surface area contributed by atoms with Crippen LogP contribution in [-0.2, 0) is 0 Å². The van der Waals surface area contributed by atoms with Gasteiger partial charge in [-0.1, -0.05) is 0 Å². The van der Waals surface area contributed by atoms with Gasteiger partial charge in [0, 0.05) is 26.2 Å². The third kappa shape index (κ3) is 1.41. The molecule has 1 aliphatic rings. The van der Waals surface area contributed by atoms with Crippen molar-refractivity contribution < 1.29 is 5.21 Å². The van der Waals surface area contributed by atoms with Crippen LogP contribution >= 0.6 is 0 Å². The average Bonchev–Trinajstić information content (AvgIpc) is 1.77. The molecule has 48 valence electrons. The second kappa shape index (κ2) is 2.41. The molecule has 0 spiro atoms. The maximum absolute atomic E-state index is 10.4. The molecule has 0 amide bonds. The molecule has 0 aliphatic carbocycles. The lowest BCUT2D eigenvalue weighted by atomic mass is 10.4. The summed E-state index contributed by atoms with van der Waals surface area (Å²) >= 11 is 0.